The molecule has 0 radical (unpaired) electrons. The van der Waals surface area contributed by atoms with Gasteiger partial charge in [0, 0.05) is 13.0 Å². The first kappa shape index (κ1) is 17.8. The summed E-state index contributed by atoms with van der Waals surface area (Å²) in [6, 6.07) is 16.8. The molecule has 0 saturated carbocycles. The number of aromatic nitrogens is 3. The molecule has 0 bridgehead atoms. The molecule has 0 aliphatic heterocycles. The van der Waals surface area contributed by atoms with Crippen molar-refractivity contribution in [3.63, 3.8) is 0 Å². The van der Waals surface area contributed by atoms with Crippen molar-refractivity contribution in [3.8, 4) is 11.3 Å². The third kappa shape index (κ3) is 3.59. The van der Waals surface area contributed by atoms with E-state index in [2.05, 4.69) is 15.3 Å². The van der Waals surface area contributed by atoms with Crippen molar-refractivity contribution in [2.45, 2.75) is 25.9 Å². The van der Waals surface area contributed by atoms with Crippen LogP contribution in [0.3, 0.4) is 0 Å². The zero-order valence-corrected chi connectivity index (χ0v) is 15.4. The number of hydrogen-bond acceptors (Lipinski definition) is 4. The molecule has 4 aromatic rings. The molecule has 7 nitrogen and oxygen atoms in total. The van der Waals surface area contributed by atoms with E-state index < -0.39 is 5.76 Å². The van der Waals surface area contributed by atoms with Gasteiger partial charge in [0.15, 0.2) is 5.58 Å². The van der Waals surface area contributed by atoms with Gasteiger partial charge in [-0.25, -0.2) is 9.78 Å². The molecule has 142 valence electrons. The van der Waals surface area contributed by atoms with Crippen LogP contribution in [0.4, 0.5) is 0 Å². The Morgan fingerprint density at radius 3 is 2.75 bits per heavy atom. The average Bonchev–Trinajstić information content (AvgIpc) is 3.31. The Bertz CT molecular complexity index is 1160. The number of aryl methyl sites for hydroxylation is 1. The van der Waals surface area contributed by atoms with E-state index >= 15 is 0 Å². The summed E-state index contributed by atoms with van der Waals surface area (Å²) in [5, 5.41) is 2.91. The number of oxazole rings is 1. The Morgan fingerprint density at radius 1 is 1.18 bits per heavy atom. The van der Waals surface area contributed by atoms with Gasteiger partial charge < -0.3 is 14.7 Å². The maximum absolute atomic E-state index is 12.3. The number of H-pyrrole nitrogens is 1. The maximum atomic E-state index is 12.3. The van der Waals surface area contributed by atoms with Crippen LogP contribution in [0.1, 0.15) is 25.2 Å². The van der Waals surface area contributed by atoms with Crippen molar-refractivity contribution in [2.24, 2.45) is 0 Å². The molecule has 7 heteroatoms. The predicted octanol–water partition coefficient (Wildman–Crippen LogP) is 3.25. The van der Waals surface area contributed by atoms with Crippen LogP contribution in [-0.2, 0) is 11.3 Å². The zero-order valence-electron chi connectivity index (χ0n) is 15.4. The van der Waals surface area contributed by atoms with E-state index in [1.807, 2.05) is 43.3 Å². The van der Waals surface area contributed by atoms with Crippen LogP contribution < -0.4 is 11.1 Å². The van der Waals surface area contributed by atoms with Gasteiger partial charge in [-0.05, 0) is 24.6 Å². The van der Waals surface area contributed by atoms with E-state index in [1.54, 1.807) is 24.4 Å². The summed E-state index contributed by atoms with van der Waals surface area (Å²) in [5.74, 6) is 0.0565. The fourth-order valence-electron chi connectivity index (χ4n) is 3.14. The van der Waals surface area contributed by atoms with Gasteiger partial charge in [0.05, 0.1) is 23.4 Å². The fourth-order valence-corrected chi connectivity index (χ4v) is 3.14. The Morgan fingerprint density at radius 2 is 1.93 bits per heavy atom. The molecular weight excluding hydrogens is 356 g/mol. The number of rotatable bonds is 6. The molecule has 2 aromatic heterocycles. The summed E-state index contributed by atoms with van der Waals surface area (Å²) in [4.78, 5) is 31.9. The van der Waals surface area contributed by atoms with Crippen LogP contribution in [0.25, 0.3) is 22.4 Å². The average molecular weight is 376 g/mol. The molecule has 28 heavy (non-hydrogen) atoms. The molecule has 1 unspecified atom stereocenters. The van der Waals surface area contributed by atoms with E-state index in [1.165, 1.54) is 4.57 Å². The lowest BCUT2D eigenvalue weighted by molar-refractivity contribution is -0.122. The van der Waals surface area contributed by atoms with Gasteiger partial charge in [0.25, 0.3) is 0 Å². The standard InChI is InChI=1S/C21H20N4O3/c1-14(20-22-13-16(24-20)15-7-3-2-4-8-15)23-19(26)11-12-25-17-9-5-6-10-18(17)28-21(25)27/h2-10,13-14H,11-12H2,1H3,(H,22,24)(H,23,26). The zero-order chi connectivity index (χ0) is 19.5. The molecule has 0 aliphatic carbocycles. The molecule has 2 heterocycles. The van der Waals surface area contributed by atoms with E-state index in [4.69, 9.17) is 4.42 Å². The third-order valence-electron chi connectivity index (χ3n) is 4.60. The molecule has 0 aliphatic rings. The minimum atomic E-state index is -0.458. The van der Waals surface area contributed by atoms with E-state index in [0.29, 0.717) is 16.9 Å². The largest absolute Gasteiger partial charge is 0.419 e. The first-order valence-corrected chi connectivity index (χ1v) is 9.10. The van der Waals surface area contributed by atoms with Gasteiger partial charge in [-0.15, -0.1) is 0 Å². The maximum Gasteiger partial charge on any atom is 0.419 e. The minimum absolute atomic E-state index is 0.164. The van der Waals surface area contributed by atoms with Crippen LogP contribution in [0.2, 0.25) is 0 Å². The van der Waals surface area contributed by atoms with Crippen LogP contribution in [0.5, 0.6) is 0 Å². The summed E-state index contributed by atoms with van der Waals surface area (Å²) in [6.45, 7) is 2.12. The Labute approximate surface area is 161 Å². The lowest BCUT2D eigenvalue weighted by atomic mass is 10.2. The summed E-state index contributed by atoms with van der Waals surface area (Å²) in [6.07, 6.45) is 1.92. The highest BCUT2D eigenvalue weighted by molar-refractivity contribution is 5.77. The molecule has 2 N–H and O–H groups in total. The second-order valence-electron chi connectivity index (χ2n) is 6.57. The number of benzene rings is 2. The lowest BCUT2D eigenvalue weighted by Crippen LogP contribution is -2.29. The van der Waals surface area contributed by atoms with E-state index in [-0.39, 0.29) is 24.9 Å². The number of nitrogens with one attached hydrogen (secondary N) is 2. The van der Waals surface area contributed by atoms with Gasteiger partial charge in [-0.2, -0.15) is 0 Å². The first-order valence-electron chi connectivity index (χ1n) is 9.10. The molecule has 1 atom stereocenters. The van der Waals surface area contributed by atoms with Crippen molar-refractivity contribution < 1.29 is 9.21 Å². The smallest absolute Gasteiger partial charge is 0.408 e. The topological polar surface area (TPSA) is 92.9 Å². The highest BCUT2D eigenvalue weighted by Crippen LogP contribution is 2.19. The number of hydrogen-bond donors (Lipinski definition) is 2. The van der Waals surface area contributed by atoms with Crippen molar-refractivity contribution in [1.82, 2.24) is 19.9 Å². The van der Waals surface area contributed by atoms with Crippen LogP contribution in [0.15, 0.2) is 70.0 Å². The van der Waals surface area contributed by atoms with Crippen molar-refractivity contribution >= 4 is 17.0 Å². The quantitative estimate of drug-likeness (QED) is 0.540. The van der Waals surface area contributed by atoms with Gasteiger partial charge >= 0.3 is 5.76 Å². The number of para-hydroxylation sites is 2. The lowest BCUT2D eigenvalue weighted by Gasteiger charge is -2.11. The van der Waals surface area contributed by atoms with Crippen molar-refractivity contribution in [1.29, 1.82) is 0 Å². The first-order chi connectivity index (χ1) is 13.6. The SMILES string of the molecule is CC(NC(=O)CCn1c(=O)oc2ccccc21)c1ncc(-c2ccccc2)[nH]1. The van der Waals surface area contributed by atoms with Crippen molar-refractivity contribution in [2.75, 3.05) is 0 Å². The number of imidazole rings is 1. The molecule has 1 amide bonds. The summed E-state index contributed by atoms with van der Waals surface area (Å²) < 4.78 is 6.66. The Balaban J connectivity index is 1.39. The minimum Gasteiger partial charge on any atom is -0.408 e. The van der Waals surface area contributed by atoms with Crippen molar-refractivity contribution in [3.05, 3.63) is 77.2 Å². The van der Waals surface area contributed by atoms with Gasteiger partial charge in [-0.1, -0.05) is 42.5 Å². The second kappa shape index (κ2) is 7.56. The van der Waals surface area contributed by atoms with Crippen LogP contribution >= 0.6 is 0 Å². The fraction of sp³-hybridized carbons (Fsp3) is 0.190. The third-order valence-corrected chi connectivity index (χ3v) is 4.60. The van der Waals surface area contributed by atoms with E-state index in [9.17, 15) is 9.59 Å². The molecular formula is C21H20N4O3. The number of fused-ring (bicyclic) bond motifs is 1. The molecule has 4 rings (SSSR count). The number of carbonyl (C=O) groups excluding carboxylic acids is 1. The molecule has 0 saturated heterocycles. The van der Waals surface area contributed by atoms with Gasteiger partial charge in [0.1, 0.15) is 5.82 Å². The van der Waals surface area contributed by atoms with E-state index in [0.717, 1.165) is 11.3 Å². The number of aromatic amines is 1. The second-order valence-corrected chi connectivity index (χ2v) is 6.57. The highest BCUT2D eigenvalue weighted by Gasteiger charge is 2.15. The number of carbonyl (C=O) groups is 1. The van der Waals surface area contributed by atoms with Gasteiger partial charge in [0.2, 0.25) is 5.91 Å². The summed E-state index contributed by atoms with van der Waals surface area (Å²) >= 11 is 0. The van der Waals surface area contributed by atoms with Gasteiger partial charge in [-0.3, -0.25) is 9.36 Å². The molecule has 0 fully saturated rings. The highest BCUT2D eigenvalue weighted by atomic mass is 16.4. The molecule has 2 aromatic carbocycles. The molecule has 0 spiro atoms. The Hall–Kier alpha value is -3.61. The van der Waals surface area contributed by atoms with Crippen LogP contribution in [0, 0.1) is 0 Å². The Kier molecular flexibility index (Phi) is 4.80. The summed E-state index contributed by atoms with van der Waals surface area (Å²) in [5.41, 5.74) is 3.14. The summed E-state index contributed by atoms with van der Waals surface area (Å²) in [7, 11) is 0. The number of nitrogens with zero attached hydrogens (tertiary/aromatic N) is 2. The monoisotopic (exact) mass is 376 g/mol. The number of amides is 1. The normalized spacial score (nSPS) is 12.2. The predicted molar refractivity (Wildman–Crippen MR) is 106 cm³/mol. The van der Waals surface area contributed by atoms with Crippen LogP contribution in [-0.4, -0.2) is 20.4 Å².